The van der Waals surface area contributed by atoms with Gasteiger partial charge in [0.05, 0.1) is 16.1 Å². The SMILES string of the molecule is CCOc1ccc(C(O)c2cc(F)c(Cl)cc2F)cc1Br. The van der Waals surface area contributed by atoms with E-state index in [0.717, 1.165) is 12.1 Å². The zero-order valence-corrected chi connectivity index (χ0v) is 13.4. The molecule has 0 aliphatic carbocycles. The van der Waals surface area contributed by atoms with E-state index in [0.29, 0.717) is 22.4 Å². The molecule has 21 heavy (non-hydrogen) atoms. The van der Waals surface area contributed by atoms with E-state index in [-0.39, 0.29) is 10.6 Å². The quantitative estimate of drug-likeness (QED) is 0.771. The smallest absolute Gasteiger partial charge is 0.142 e. The van der Waals surface area contributed by atoms with E-state index >= 15 is 0 Å². The molecule has 1 unspecified atom stereocenters. The average Bonchev–Trinajstić information content (AvgIpc) is 2.44. The van der Waals surface area contributed by atoms with Crippen molar-refractivity contribution in [2.45, 2.75) is 13.0 Å². The van der Waals surface area contributed by atoms with Gasteiger partial charge < -0.3 is 9.84 Å². The van der Waals surface area contributed by atoms with Crippen molar-refractivity contribution in [1.82, 2.24) is 0 Å². The summed E-state index contributed by atoms with van der Waals surface area (Å²) in [5.74, 6) is -0.938. The van der Waals surface area contributed by atoms with Crippen LogP contribution >= 0.6 is 27.5 Å². The molecular formula is C15H12BrClF2O2. The second-order valence-corrected chi connectivity index (χ2v) is 5.57. The molecule has 0 aliphatic heterocycles. The summed E-state index contributed by atoms with van der Waals surface area (Å²) in [5, 5.41) is 9.90. The Kier molecular flexibility index (Phi) is 5.19. The lowest BCUT2D eigenvalue weighted by atomic mass is 10.0. The summed E-state index contributed by atoms with van der Waals surface area (Å²) in [4.78, 5) is 0. The molecule has 0 saturated carbocycles. The van der Waals surface area contributed by atoms with E-state index in [9.17, 15) is 13.9 Å². The van der Waals surface area contributed by atoms with E-state index in [4.69, 9.17) is 16.3 Å². The Morgan fingerprint density at radius 1 is 1.24 bits per heavy atom. The van der Waals surface area contributed by atoms with Gasteiger partial charge >= 0.3 is 0 Å². The third-order valence-corrected chi connectivity index (χ3v) is 3.82. The van der Waals surface area contributed by atoms with E-state index in [1.165, 1.54) is 0 Å². The predicted molar refractivity (Wildman–Crippen MR) is 80.7 cm³/mol. The number of hydrogen-bond donors (Lipinski definition) is 1. The summed E-state index contributed by atoms with van der Waals surface area (Å²) in [5.41, 5.74) is 0.235. The highest BCUT2D eigenvalue weighted by molar-refractivity contribution is 9.10. The zero-order valence-electron chi connectivity index (χ0n) is 11.0. The molecule has 2 nitrogen and oxygen atoms in total. The van der Waals surface area contributed by atoms with Gasteiger partial charge in [0.15, 0.2) is 0 Å². The molecule has 112 valence electrons. The minimum absolute atomic E-state index is 0.173. The van der Waals surface area contributed by atoms with Gasteiger partial charge in [-0.2, -0.15) is 0 Å². The highest BCUT2D eigenvalue weighted by Crippen LogP contribution is 2.33. The number of aliphatic hydroxyl groups is 1. The van der Waals surface area contributed by atoms with E-state index in [1.807, 2.05) is 6.92 Å². The fourth-order valence-electron chi connectivity index (χ4n) is 1.89. The standard InChI is InChI=1S/C15H12BrClF2O2/c1-2-21-14-4-3-8(5-10(14)16)15(20)9-6-13(19)11(17)7-12(9)18/h3-7,15,20H,2H2,1H3. The van der Waals surface area contributed by atoms with Crippen molar-refractivity contribution < 1.29 is 18.6 Å². The van der Waals surface area contributed by atoms with Gasteiger partial charge in [-0.05, 0) is 52.7 Å². The van der Waals surface area contributed by atoms with Crippen LogP contribution in [-0.4, -0.2) is 11.7 Å². The molecule has 1 N–H and O–H groups in total. The molecule has 1 atom stereocenters. The van der Waals surface area contributed by atoms with Crippen LogP contribution in [0.1, 0.15) is 24.2 Å². The first-order valence-electron chi connectivity index (χ1n) is 6.18. The molecular weight excluding hydrogens is 366 g/mol. The fraction of sp³-hybridized carbons (Fsp3) is 0.200. The lowest BCUT2D eigenvalue weighted by molar-refractivity contribution is 0.214. The van der Waals surface area contributed by atoms with E-state index in [1.54, 1.807) is 18.2 Å². The summed E-state index contributed by atoms with van der Waals surface area (Å²) in [6.07, 6.45) is -1.30. The van der Waals surface area contributed by atoms with Crippen LogP contribution in [0.4, 0.5) is 8.78 Å². The molecule has 0 amide bonds. The number of halogens is 4. The molecule has 2 aromatic rings. The maximum atomic E-state index is 13.8. The largest absolute Gasteiger partial charge is 0.493 e. The third kappa shape index (κ3) is 3.54. The van der Waals surface area contributed by atoms with Crippen LogP contribution in [0, 0.1) is 11.6 Å². The third-order valence-electron chi connectivity index (χ3n) is 2.91. The van der Waals surface area contributed by atoms with E-state index < -0.39 is 17.7 Å². The van der Waals surface area contributed by atoms with Gasteiger partial charge in [0.1, 0.15) is 23.5 Å². The lowest BCUT2D eigenvalue weighted by Crippen LogP contribution is -2.04. The van der Waals surface area contributed by atoms with Crippen LogP contribution in [0.5, 0.6) is 5.75 Å². The lowest BCUT2D eigenvalue weighted by Gasteiger charge is -2.15. The van der Waals surface area contributed by atoms with Crippen LogP contribution in [0.25, 0.3) is 0 Å². The van der Waals surface area contributed by atoms with Crippen LogP contribution in [0.2, 0.25) is 5.02 Å². The number of aliphatic hydroxyl groups excluding tert-OH is 1. The predicted octanol–water partition coefficient (Wildman–Crippen LogP) is 4.86. The maximum absolute atomic E-state index is 13.8. The monoisotopic (exact) mass is 376 g/mol. The van der Waals surface area contributed by atoms with Gasteiger partial charge in [-0.1, -0.05) is 17.7 Å². The van der Waals surface area contributed by atoms with Gasteiger partial charge in [-0.25, -0.2) is 8.78 Å². The summed E-state index contributed by atoms with van der Waals surface area (Å²) in [7, 11) is 0. The fourth-order valence-corrected chi connectivity index (χ4v) is 2.55. The Hall–Kier alpha value is -1.17. The Morgan fingerprint density at radius 3 is 2.57 bits per heavy atom. The van der Waals surface area contributed by atoms with Crippen molar-refractivity contribution in [2.75, 3.05) is 6.61 Å². The zero-order chi connectivity index (χ0) is 15.6. The average molecular weight is 378 g/mol. The van der Waals surface area contributed by atoms with E-state index in [2.05, 4.69) is 15.9 Å². The van der Waals surface area contributed by atoms with Gasteiger partial charge in [0, 0.05) is 5.56 Å². The molecule has 0 saturated heterocycles. The highest BCUT2D eigenvalue weighted by atomic mass is 79.9. The first-order valence-corrected chi connectivity index (χ1v) is 7.36. The second kappa shape index (κ2) is 6.73. The minimum Gasteiger partial charge on any atom is -0.493 e. The van der Waals surface area contributed by atoms with Gasteiger partial charge in [-0.15, -0.1) is 0 Å². The molecule has 0 aromatic heterocycles. The molecule has 0 heterocycles. The molecule has 0 bridgehead atoms. The van der Waals surface area contributed by atoms with Crippen LogP contribution < -0.4 is 4.74 Å². The van der Waals surface area contributed by atoms with Crippen LogP contribution in [0.15, 0.2) is 34.8 Å². The molecule has 2 aromatic carbocycles. The maximum Gasteiger partial charge on any atom is 0.142 e. The van der Waals surface area contributed by atoms with Crippen LogP contribution in [-0.2, 0) is 0 Å². The van der Waals surface area contributed by atoms with Crippen molar-refractivity contribution in [3.05, 3.63) is 62.6 Å². The van der Waals surface area contributed by atoms with Gasteiger partial charge in [0.2, 0.25) is 0 Å². The number of hydrogen-bond acceptors (Lipinski definition) is 2. The summed E-state index contributed by atoms with van der Waals surface area (Å²) in [6, 6.07) is 6.58. The summed E-state index contributed by atoms with van der Waals surface area (Å²) < 4.78 is 33.2. The normalized spacial score (nSPS) is 12.3. The Balaban J connectivity index is 2.38. The first-order chi connectivity index (χ1) is 9.93. The molecule has 0 aliphatic rings. The van der Waals surface area contributed by atoms with Crippen molar-refractivity contribution in [1.29, 1.82) is 0 Å². The minimum atomic E-state index is -1.30. The molecule has 0 spiro atoms. The van der Waals surface area contributed by atoms with Crippen molar-refractivity contribution >= 4 is 27.5 Å². The summed E-state index contributed by atoms with van der Waals surface area (Å²) >= 11 is 8.81. The topological polar surface area (TPSA) is 29.5 Å². The molecule has 6 heteroatoms. The first kappa shape index (κ1) is 16.2. The summed E-state index contributed by atoms with van der Waals surface area (Å²) in [6.45, 7) is 2.35. The number of benzene rings is 2. The Bertz CT molecular complexity index is 664. The molecule has 0 radical (unpaired) electrons. The van der Waals surface area contributed by atoms with Crippen molar-refractivity contribution in [3.63, 3.8) is 0 Å². The van der Waals surface area contributed by atoms with Crippen LogP contribution in [0.3, 0.4) is 0 Å². The van der Waals surface area contributed by atoms with Gasteiger partial charge in [0.25, 0.3) is 0 Å². The molecule has 0 fully saturated rings. The van der Waals surface area contributed by atoms with Gasteiger partial charge in [-0.3, -0.25) is 0 Å². The molecule has 2 rings (SSSR count). The van der Waals surface area contributed by atoms with Crippen molar-refractivity contribution in [2.24, 2.45) is 0 Å². The number of rotatable bonds is 4. The van der Waals surface area contributed by atoms with Crippen molar-refractivity contribution in [3.8, 4) is 5.75 Å². The number of ether oxygens (including phenoxy) is 1. The second-order valence-electron chi connectivity index (χ2n) is 4.31. The Morgan fingerprint density at radius 2 is 1.95 bits per heavy atom. The highest BCUT2D eigenvalue weighted by Gasteiger charge is 2.19. The Labute approximate surface area is 134 Å².